The topological polar surface area (TPSA) is 136 Å². The van der Waals surface area contributed by atoms with E-state index in [4.69, 9.17) is 23.1 Å². The van der Waals surface area contributed by atoms with Crippen molar-refractivity contribution in [2.45, 2.75) is 0 Å². The van der Waals surface area contributed by atoms with Crippen LogP contribution in [-0.4, -0.2) is 31.3 Å². The number of nitrogens with one attached hydrogen (secondary N) is 1. The highest BCUT2D eigenvalue weighted by molar-refractivity contribution is 6.35. The van der Waals surface area contributed by atoms with Crippen molar-refractivity contribution in [3.8, 4) is 22.4 Å². The van der Waals surface area contributed by atoms with Crippen LogP contribution < -0.4 is 11.5 Å². The van der Waals surface area contributed by atoms with E-state index in [2.05, 4.69) is 25.4 Å². The molecule has 26 heavy (non-hydrogen) atoms. The summed E-state index contributed by atoms with van der Waals surface area (Å²) in [5.41, 5.74) is 14.9. The lowest BCUT2D eigenvalue weighted by Crippen LogP contribution is -2.17. The number of amides is 1. The number of nitrogen functional groups attached to an aromatic ring is 1. The van der Waals surface area contributed by atoms with Crippen LogP contribution in [0.25, 0.3) is 33.3 Å². The van der Waals surface area contributed by atoms with Crippen LogP contribution >= 0.6 is 11.6 Å². The fourth-order valence-electron chi connectivity index (χ4n) is 2.80. The van der Waals surface area contributed by atoms with Gasteiger partial charge in [0.1, 0.15) is 0 Å². The molecule has 0 atom stereocenters. The van der Waals surface area contributed by atoms with Gasteiger partial charge in [-0.3, -0.25) is 9.89 Å². The van der Waals surface area contributed by atoms with E-state index in [0.29, 0.717) is 27.4 Å². The first-order valence-corrected chi connectivity index (χ1v) is 7.93. The summed E-state index contributed by atoms with van der Waals surface area (Å²) in [4.78, 5) is 16.2. The zero-order valence-corrected chi connectivity index (χ0v) is 14.0. The lowest BCUT2D eigenvalue weighted by Gasteiger charge is -2.14. The molecule has 128 valence electrons. The number of primary amides is 1. The average molecular weight is 366 g/mol. The Labute approximate surface area is 152 Å². The molecule has 4 aromatic rings. The van der Waals surface area contributed by atoms with Crippen molar-refractivity contribution < 1.29 is 4.79 Å². The second kappa shape index (κ2) is 6.08. The maximum Gasteiger partial charge on any atom is 0.269 e. The van der Waals surface area contributed by atoms with Crippen LogP contribution in [0.5, 0.6) is 0 Å². The number of hydrogen-bond acceptors (Lipinski definition) is 6. The Morgan fingerprint density at radius 3 is 2.73 bits per heavy atom. The fraction of sp³-hybridized carbons (Fsp3) is 0. The molecule has 0 unspecified atom stereocenters. The summed E-state index contributed by atoms with van der Waals surface area (Å²) >= 11 is 6.44. The number of carbonyl (C=O) groups is 1. The van der Waals surface area contributed by atoms with E-state index in [9.17, 15) is 4.79 Å². The lowest BCUT2D eigenvalue weighted by molar-refractivity contribution is 0.0996. The highest BCUT2D eigenvalue weighted by atomic mass is 35.5. The quantitative estimate of drug-likeness (QED) is 0.510. The minimum Gasteiger partial charge on any atom is -0.396 e. The minimum absolute atomic E-state index is 0.0362. The molecule has 0 fully saturated rings. The summed E-state index contributed by atoms with van der Waals surface area (Å²) in [7, 11) is 0. The summed E-state index contributed by atoms with van der Waals surface area (Å²) in [5, 5.41) is 15.8. The molecule has 0 spiro atoms. The molecule has 0 saturated heterocycles. The monoisotopic (exact) mass is 365 g/mol. The number of aromatic amines is 1. The number of carbonyl (C=O) groups excluding carboxylic acids is 1. The zero-order chi connectivity index (χ0) is 18.3. The van der Waals surface area contributed by atoms with Gasteiger partial charge in [-0.25, -0.2) is 4.98 Å². The van der Waals surface area contributed by atoms with Gasteiger partial charge in [-0.1, -0.05) is 11.6 Å². The second-order valence-corrected chi connectivity index (χ2v) is 5.97. The van der Waals surface area contributed by atoms with Crippen molar-refractivity contribution in [1.29, 1.82) is 0 Å². The molecular formula is C17H12ClN7O. The van der Waals surface area contributed by atoms with Crippen molar-refractivity contribution in [1.82, 2.24) is 25.4 Å². The second-order valence-electron chi connectivity index (χ2n) is 5.57. The molecule has 3 heterocycles. The van der Waals surface area contributed by atoms with Gasteiger partial charge in [0.2, 0.25) is 0 Å². The van der Waals surface area contributed by atoms with Crippen molar-refractivity contribution in [3.63, 3.8) is 0 Å². The van der Waals surface area contributed by atoms with Gasteiger partial charge >= 0.3 is 0 Å². The van der Waals surface area contributed by atoms with Crippen LogP contribution in [0.15, 0.2) is 42.9 Å². The molecule has 0 aliphatic rings. The molecule has 8 nitrogen and oxygen atoms in total. The number of halogens is 1. The molecule has 9 heteroatoms. The molecule has 0 aliphatic carbocycles. The molecule has 3 aromatic heterocycles. The predicted molar refractivity (Wildman–Crippen MR) is 98.3 cm³/mol. The van der Waals surface area contributed by atoms with Gasteiger partial charge in [0.25, 0.3) is 5.91 Å². The van der Waals surface area contributed by atoms with Gasteiger partial charge < -0.3 is 11.5 Å². The van der Waals surface area contributed by atoms with Gasteiger partial charge in [0.05, 0.1) is 35.5 Å². The SMILES string of the molecule is NC(=O)c1nc(-c2ccnnc2)cc(-c2c(Cl)ccc3[nH]ncc23)c1N. The number of fused-ring (bicyclic) bond motifs is 1. The highest BCUT2D eigenvalue weighted by Crippen LogP contribution is 2.39. The van der Waals surface area contributed by atoms with Crippen LogP contribution in [0.1, 0.15) is 10.5 Å². The van der Waals surface area contributed by atoms with E-state index in [0.717, 1.165) is 10.9 Å². The Morgan fingerprint density at radius 1 is 1.15 bits per heavy atom. The number of hydrogen-bond donors (Lipinski definition) is 3. The van der Waals surface area contributed by atoms with Crippen LogP contribution in [0, 0.1) is 0 Å². The molecule has 4 rings (SSSR count). The van der Waals surface area contributed by atoms with Gasteiger partial charge in [-0.05, 0) is 24.3 Å². The number of pyridine rings is 1. The first kappa shape index (κ1) is 16.0. The van der Waals surface area contributed by atoms with Crippen molar-refractivity contribution in [2.24, 2.45) is 5.73 Å². The summed E-state index contributed by atoms with van der Waals surface area (Å²) in [6, 6.07) is 7.01. The lowest BCUT2D eigenvalue weighted by atomic mass is 9.97. The third-order valence-electron chi connectivity index (χ3n) is 4.01. The van der Waals surface area contributed by atoms with Crippen LogP contribution in [0.2, 0.25) is 5.02 Å². The number of aromatic nitrogens is 5. The molecular weight excluding hydrogens is 354 g/mol. The third-order valence-corrected chi connectivity index (χ3v) is 4.33. The Bertz CT molecular complexity index is 1140. The van der Waals surface area contributed by atoms with Crippen LogP contribution in [0.3, 0.4) is 0 Å². The van der Waals surface area contributed by atoms with E-state index >= 15 is 0 Å². The summed E-state index contributed by atoms with van der Waals surface area (Å²) in [6.45, 7) is 0. The largest absolute Gasteiger partial charge is 0.396 e. The van der Waals surface area contributed by atoms with E-state index in [-0.39, 0.29) is 11.4 Å². The molecule has 5 N–H and O–H groups in total. The third kappa shape index (κ3) is 2.52. The van der Waals surface area contributed by atoms with Gasteiger partial charge in [0.15, 0.2) is 5.69 Å². The van der Waals surface area contributed by atoms with E-state index in [1.165, 1.54) is 12.4 Å². The average Bonchev–Trinajstić information content (AvgIpc) is 3.11. The summed E-state index contributed by atoms with van der Waals surface area (Å²) in [6.07, 6.45) is 4.71. The first-order chi connectivity index (χ1) is 12.6. The van der Waals surface area contributed by atoms with Crippen molar-refractivity contribution in [3.05, 3.63) is 53.6 Å². The standard InChI is InChI=1S/C17H12ClN7O/c18-11-1-2-12-10(7-23-25-12)14(11)9-5-13(8-3-4-21-22-6-8)24-16(15(9)19)17(20)26/h1-7H,19H2,(H2,20,26)(H,23,25). The number of anilines is 1. The van der Waals surface area contributed by atoms with Crippen LogP contribution in [0.4, 0.5) is 5.69 Å². The smallest absolute Gasteiger partial charge is 0.269 e. The number of H-pyrrole nitrogens is 1. The Morgan fingerprint density at radius 2 is 2.00 bits per heavy atom. The first-order valence-electron chi connectivity index (χ1n) is 7.55. The van der Waals surface area contributed by atoms with E-state index in [1.54, 1.807) is 24.4 Å². The Hall–Kier alpha value is -3.52. The molecule has 0 saturated carbocycles. The van der Waals surface area contributed by atoms with Gasteiger partial charge in [0, 0.05) is 27.1 Å². The fourth-order valence-corrected chi connectivity index (χ4v) is 3.07. The molecule has 0 radical (unpaired) electrons. The molecule has 0 bridgehead atoms. The van der Waals surface area contributed by atoms with Crippen molar-refractivity contribution >= 4 is 34.1 Å². The van der Waals surface area contributed by atoms with Crippen LogP contribution in [-0.2, 0) is 0 Å². The summed E-state index contributed by atoms with van der Waals surface area (Å²) in [5.74, 6) is -0.733. The number of benzene rings is 1. The van der Waals surface area contributed by atoms with Gasteiger partial charge in [-0.2, -0.15) is 15.3 Å². The maximum atomic E-state index is 11.9. The minimum atomic E-state index is -0.733. The van der Waals surface area contributed by atoms with Gasteiger partial charge in [-0.15, -0.1) is 0 Å². The normalized spacial score (nSPS) is 11.0. The number of nitrogens with two attached hydrogens (primary N) is 2. The highest BCUT2D eigenvalue weighted by Gasteiger charge is 2.20. The van der Waals surface area contributed by atoms with E-state index in [1.807, 2.05) is 6.07 Å². The Balaban J connectivity index is 2.07. The molecule has 0 aliphatic heterocycles. The summed E-state index contributed by atoms with van der Waals surface area (Å²) < 4.78 is 0. The molecule has 1 aromatic carbocycles. The number of nitrogens with zero attached hydrogens (tertiary/aromatic N) is 4. The predicted octanol–water partition coefficient (Wildman–Crippen LogP) is 2.42. The van der Waals surface area contributed by atoms with Crippen molar-refractivity contribution in [2.75, 3.05) is 5.73 Å². The maximum absolute atomic E-state index is 11.9. The van der Waals surface area contributed by atoms with E-state index < -0.39 is 5.91 Å². The Kier molecular flexibility index (Phi) is 3.74. The number of rotatable bonds is 3. The zero-order valence-electron chi connectivity index (χ0n) is 13.3. The molecule has 1 amide bonds.